The van der Waals surface area contributed by atoms with Crippen molar-refractivity contribution in [3.05, 3.63) is 71.9 Å². The molecule has 0 unspecified atom stereocenters. The lowest BCUT2D eigenvalue weighted by Gasteiger charge is -2.05. The number of hydrogen-bond donors (Lipinski definition) is 1. The quantitative estimate of drug-likeness (QED) is 0.551. The number of carbonyl (C=O) groups is 1. The van der Waals surface area contributed by atoms with Crippen LogP contribution in [0.2, 0.25) is 0 Å². The molecule has 0 aliphatic carbocycles. The molecule has 0 radical (unpaired) electrons. The van der Waals surface area contributed by atoms with E-state index in [2.05, 4.69) is 16.4 Å². The largest absolute Gasteiger partial charge is 0.321 e. The van der Waals surface area contributed by atoms with Gasteiger partial charge in [-0.25, -0.2) is 4.98 Å². The lowest BCUT2D eigenvalue weighted by molar-refractivity contribution is -0.110. The number of nitrogens with one attached hydrogen (secondary N) is 1. The van der Waals surface area contributed by atoms with Gasteiger partial charge in [-0.15, -0.1) is 0 Å². The molecule has 4 heteroatoms. The molecule has 1 aliphatic rings. The lowest BCUT2D eigenvalue weighted by Crippen LogP contribution is -2.06. The van der Waals surface area contributed by atoms with Gasteiger partial charge < -0.3 is 5.32 Å². The van der Waals surface area contributed by atoms with Crippen molar-refractivity contribution in [1.82, 2.24) is 4.98 Å². The third-order valence-electron chi connectivity index (χ3n) is 3.89. The van der Waals surface area contributed by atoms with E-state index in [0.29, 0.717) is 16.8 Å². The molecule has 0 atom stereocenters. The van der Waals surface area contributed by atoms with Crippen molar-refractivity contribution >= 4 is 33.6 Å². The van der Waals surface area contributed by atoms with E-state index in [9.17, 15) is 10.1 Å². The third kappa shape index (κ3) is 2.07. The van der Waals surface area contributed by atoms with Gasteiger partial charge in [-0.3, -0.25) is 4.79 Å². The Labute approximate surface area is 132 Å². The molecule has 1 amide bonds. The van der Waals surface area contributed by atoms with E-state index in [1.165, 1.54) is 0 Å². The van der Waals surface area contributed by atoms with Gasteiger partial charge >= 0.3 is 0 Å². The summed E-state index contributed by atoms with van der Waals surface area (Å²) in [6, 6.07) is 20.9. The molecular formula is C19H11N3O. The highest BCUT2D eigenvalue weighted by Crippen LogP contribution is 2.36. The van der Waals surface area contributed by atoms with Crippen LogP contribution in [0.15, 0.2) is 60.7 Å². The van der Waals surface area contributed by atoms with E-state index in [1.54, 1.807) is 6.07 Å². The fourth-order valence-electron chi connectivity index (χ4n) is 2.81. The van der Waals surface area contributed by atoms with E-state index < -0.39 is 0 Å². The SMILES string of the molecule is N#C/C(=C1/C(=O)Nc2ccccc21)c1ccc2ccccc2n1. The fraction of sp³-hybridized carbons (Fsp3) is 0. The summed E-state index contributed by atoms with van der Waals surface area (Å²) in [4.78, 5) is 16.9. The molecule has 1 aromatic heterocycles. The van der Waals surface area contributed by atoms with Gasteiger partial charge in [-0.2, -0.15) is 5.26 Å². The van der Waals surface area contributed by atoms with Crippen molar-refractivity contribution in [2.24, 2.45) is 0 Å². The Morgan fingerprint density at radius 2 is 1.78 bits per heavy atom. The highest BCUT2D eigenvalue weighted by Gasteiger charge is 2.28. The maximum atomic E-state index is 12.3. The summed E-state index contributed by atoms with van der Waals surface area (Å²) in [7, 11) is 0. The van der Waals surface area contributed by atoms with Crippen LogP contribution in [-0.4, -0.2) is 10.9 Å². The van der Waals surface area contributed by atoms with Crippen LogP contribution in [0.3, 0.4) is 0 Å². The number of rotatable bonds is 1. The topological polar surface area (TPSA) is 65.8 Å². The minimum absolute atomic E-state index is 0.266. The number of nitrogens with zero attached hydrogens (tertiary/aromatic N) is 2. The maximum Gasteiger partial charge on any atom is 0.257 e. The van der Waals surface area contributed by atoms with E-state index in [1.807, 2.05) is 54.6 Å². The number of carbonyl (C=O) groups excluding carboxylic acids is 1. The molecular weight excluding hydrogens is 286 g/mol. The molecule has 23 heavy (non-hydrogen) atoms. The second kappa shape index (κ2) is 5.08. The fourth-order valence-corrected chi connectivity index (χ4v) is 2.81. The van der Waals surface area contributed by atoms with Crippen molar-refractivity contribution < 1.29 is 4.79 Å². The van der Waals surface area contributed by atoms with Crippen LogP contribution in [-0.2, 0) is 4.79 Å². The van der Waals surface area contributed by atoms with Gasteiger partial charge in [0.25, 0.3) is 5.91 Å². The van der Waals surface area contributed by atoms with Crippen LogP contribution < -0.4 is 5.32 Å². The average Bonchev–Trinajstić information content (AvgIpc) is 2.92. The average molecular weight is 297 g/mol. The number of fused-ring (bicyclic) bond motifs is 2. The van der Waals surface area contributed by atoms with Crippen LogP contribution in [0.25, 0.3) is 22.0 Å². The standard InChI is InChI=1S/C19H11N3O/c20-11-14(17-10-9-12-5-1-3-7-15(12)21-17)18-13-6-2-4-8-16(13)22-19(18)23/h1-10H,(H,22,23)/b18-14-. The molecule has 1 aliphatic heterocycles. The maximum absolute atomic E-state index is 12.3. The number of anilines is 1. The Hall–Kier alpha value is -3.45. The first-order valence-electron chi connectivity index (χ1n) is 7.19. The van der Waals surface area contributed by atoms with Crippen molar-refractivity contribution in [1.29, 1.82) is 5.26 Å². The predicted octanol–water partition coefficient (Wildman–Crippen LogP) is 3.62. The van der Waals surface area contributed by atoms with Crippen molar-refractivity contribution in [3.63, 3.8) is 0 Å². The molecule has 0 fully saturated rings. The molecule has 2 aromatic carbocycles. The summed E-state index contributed by atoms with van der Waals surface area (Å²) in [5.74, 6) is -0.266. The Morgan fingerprint density at radius 3 is 2.65 bits per heavy atom. The van der Waals surface area contributed by atoms with E-state index >= 15 is 0 Å². The zero-order chi connectivity index (χ0) is 15.8. The predicted molar refractivity (Wildman–Crippen MR) is 89.2 cm³/mol. The third-order valence-corrected chi connectivity index (χ3v) is 3.89. The summed E-state index contributed by atoms with van der Waals surface area (Å²) in [6.45, 7) is 0. The Kier molecular flexibility index (Phi) is 2.92. The van der Waals surface area contributed by atoms with Crippen LogP contribution in [0, 0.1) is 11.3 Å². The first-order valence-corrected chi connectivity index (χ1v) is 7.19. The van der Waals surface area contributed by atoms with Gasteiger partial charge in [0, 0.05) is 16.6 Å². The Morgan fingerprint density at radius 1 is 1.00 bits per heavy atom. The second-order valence-corrected chi connectivity index (χ2v) is 5.25. The van der Waals surface area contributed by atoms with Crippen LogP contribution in [0.1, 0.15) is 11.3 Å². The van der Waals surface area contributed by atoms with Crippen molar-refractivity contribution in [2.75, 3.05) is 5.32 Å². The number of allylic oxidation sites excluding steroid dienone is 1. The minimum atomic E-state index is -0.266. The summed E-state index contributed by atoms with van der Waals surface area (Å²) in [5.41, 5.74) is 3.44. The number of pyridine rings is 1. The first-order chi connectivity index (χ1) is 11.3. The Balaban J connectivity index is 1.97. The molecule has 4 nitrogen and oxygen atoms in total. The minimum Gasteiger partial charge on any atom is -0.321 e. The monoisotopic (exact) mass is 297 g/mol. The molecule has 4 rings (SSSR count). The van der Waals surface area contributed by atoms with Crippen LogP contribution in [0.5, 0.6) is 0 Å². The van der Waals surface area contributed by atoms with Crippen LogP contribution >= 0.6 is 0 Å². The summed E-state index contributed by atoms with van der Waals surface area (Å²) in [5, 5.41) is 13.4. The van der Waals surface area contributed by atoms with Crippen LogP contribution in [0.4, 0.5) is 5.69 Å². The molecule has 0 bridgehead atoms. The number of aromatic nitrogens is 1. The van der Waals surface area contributed by atoms with E-state index in [-0.39, 0.29) is 5.91 Å². The summed E-state index contributed by atoms with van der Waals surface area (Å²) in [6.07, 6.45) is 0. The number of hydrogen-bond acceptors (Lipinski definition) is 3. The number of amides is 1. The normalized spacial score (nSPS) is 15.0. The Bertz CT molecular complexity index is 1030. The van der Waals surface area contributed by atoms with E-state index in [4.69, 9.17) is 0 Å². The van der Waals surface area contributed by atoms with Gasteiger partial charge in [0.05, 0.1) is 22.4 Å². The zero-order valence-electron chi connectivity index (χ0n) is 12.1. The number of para-hydroxylation sites is 2. The highest BCUT2D eigenvalue weighted by molar-refractivity contribution is 6.37. The lowest BCUT2D eigenvalue weighted by atomic mass is 9.99. The molecule has 2 heterocycles. The zero-order valence-corrected chi connectivity index (χ0v) is 12.1. The van der Waals surface area contributed by atoms with Crippen molar-refractivity contribution in [3.8, 4) is 6.07 Å². The molecule has 0 spiro atoms. The second-order valence-electron chi connectivity index (χ2n) is 5.25. The molecule has 0 saturated carbocycles. The van der Waals surface area contributed by atoms with Gasteiger partial charge in [0.2, 0.25) is 0 Å². The first kappa shape index (κ1) is 13.2. The number of nitriles is 1. The molecule has 108 valence electrons. The van der Waals surface area contributed by atoms with Gasteiger partial charge in [-0.1, -0.05) is 42.5 Å². The summed E-state index contributed by atoms with van der Waals surface area (Å²) < 4.78 is 0. The van der Waals surface area contributed by atoms with Crippen molar-refractivity contribution in [2.45, 2.75) is 0 Å². The van der Waals surface area contributed by atoms with E-state index in [0.717, 1.165) is 22.2 Å². The summed E-state index contributed by atoms with van der Waals surface area (Å²) >= 11 is 0. The smallest absolute Gasteiger partial charge is 0.257 e. The molecule has 3 aromatic rings. The molecule has 0 saturated heterocycles. The number of benzene rings is 2. The van der Waals surface area contributed by atoms with Gasteiger partial charge in [-0.05, 0) is 18.2 Å². The molecule has 1 N–H and O–H groups in total. The van der Waals surface area contributed by atoms with Gasteiger partial charge in [0.1, 0.15) is 6.07 Å². The highest BCUT2D eigenvalue weighted by atomic mass is 16.2. The van der Waals surface area contributed by atoms with Gasteiger partial charge in [0.15, 0.2) is 0 Å².